The van der Waals surface area contributed by atoms with Gasteiger partial charge in [-0.05, 0) is 42.5 Å². The van der Waals surface area contributed by atoms with Crippen molar-refractivity contribution in [3.05, 3.63) is 87.4 Å². The van der Waals surface area contributed by atoms with Crippen molar-refractivity contribution in [3.63, 3.8) is 0 Å². The van der Waals surface area contributed by atoms with Crippen LogP contribution in [0.2, 0.25) is 0 Å². The van der Waals surface area contributed by atoms with Crippen LogP contribution in [-0.4, -0.2) is 10.9 Å². The van der Waals surface area contributed by atoms with Crippen molar-refractivity contribution in [2.45, 2.75) is 0 Å². The average molecular weight is 417 g/mol. The molecule has 0 atom stereocenters. The molecule has 0 spiro atoms. The van der Waals surface area contributed by atoms with Gasteiger partial charge in [0.25, 0.3) is 5.91 Å². The van der Waals surface area contributed by atoms with Crippen LogP contribution in [0.1, 0.15) is 5.56 Å². The van der Waals surface area contributed by atoms with Gasteiger partial charge >= 0.3 is 0 Å². The van der Waals surface area contributed by atoms with Gasteiger partial charge in [0.1, 0.15) is 29.3 Å². The van der Waals surface area contributed by atoms with Crippen molar-refractivity contribution in [2.75, 3.05) is 5.32 Å². The number of anilines is 1. The molecular weight excluding hydrogens is 405 g/mol. The molecule has 0 aliphatic heterocycles. The second-order valence-corrected chi connectivity index (χ2v) is 7.04. The molecule has 0 unspecified atom stereocenters. The van der Waals surface area contributed by atoms with Crippen LogP contribution in [0, 0.1) is 17.1 Å². The van der Waals surface area contributed by atoms with E-state index in [1.807, 2.05) is 0 Å². The molecule has 0 aliphatic carbocycles. The SMILES string of the molecule is N#C/C(=C/c1coc2ccccc2c1=O)C(=O)Nc1nc(-c2ccc(F)cc2)cs1. The van der Waals surface area contributed by atoms with Crippen molar-refractivity contribution in [1.82, 2.24) is 4.98 Å². The quantitative estimate of drug-likeness (QED) is 0.387. The van der Waals surface area contributed by atoms with Gasteiger partial charge in [0.2, 0.25) is 0 Å². The number of nitriles is 1. The Hall–Kier alpha value is -4.09. The molecule has 4 aromatic rings. The Bertz CT molecular complexity index is 1380. The highest BCUT2D eigenvalue weighted by Crippen LogP contribution is 2.25. The van der Waals surface area contributed by atoms with Crippen LogP contribution in [0.4, 0.5) is 9.52 Å². The van der Waals surface area contributed by atoms with E-state index >= 15 is 0 Å². The molecule has 8 heteroatoms. The van der Waals surface area contributed by atoms with Crippen molar-refractivity contribution in [2.24, 2.45) is 0 Å². The summed E-state index contributed by atoms with van der Waals surface area (Å²) in [7, 11) is 0. The summed E-state index contributed by atoms with van der Waals surface area (Å²) < 4.78 is 18.5. The monoisotopic (exact) mass is 417 g/mol. The van der Waals surface area contributed by atoms with Crippen LogP contribution >= 0.6 is 11.3 Å². The van der Waals surface area contributed by atoms with E-state index in [0.717, 1.165) is 11.3 Å². The molecule has 0 aliphatic rings. The number of hydrogen-bond donors (Lipinski definition) is 1. The third-order valence-electron chi connectivity index (χ3n) is 4.24. The van der Waals surface area contributed by atoms with E-state index in [2.05, 4.69) is 10.3 Å². The molecule has 30 heavy (non-hydrogen) atoms. The number of thiazole rings is 1. The minimum absolute atomic E-state index is 0.0894. The Morgan fingerprint density at radius 2 is 1.97 bits per heavy atom. The van der Waals surface area contributed by atoms with Crippen LogP contribution in [0.5, 0.6) is 0 Å². The molecule has 146 valence electrons. The molecule has 0 bridgehead atoms. The molecule has 2 heterocycles. The molecular formula is C22H12FN3O3S. The van der Waals surface area contributed by atoms with E-state index in [-0.39, 0.29) is 27.5 Å². The number of aromatic nitrogens is 1. The predicted molar refractivity (Wildman–Crippen MR) is 112 cm³/mol. The summed E-state index contributed by atoms with van der Waals surface area (Å²) in [4.78, 5) is 29.3. The minimum atomic E-state index is -0.704. The fourth-order valence-corrected chi connectivity index (χ4v) is 3.46. The maximum atomic E-state index is 13.1. The van der Waals surface area contributed by atoms with Crippen molar-refractivity contribution < 1.29 is 13.6 Å². The molecule has 2 aromatic carbocycles. The summed E-state index contributed by atoms with van der Waals surface area (Å²) in [6.45, 7) is 0. The van der Waals surface area contributed by atoms with Crippen LogP contribution < -0.4 is 10.7 Å². The van der Waals surface area contributed by atoms with Gasteiger partial charge in [-0.25, -0.2) is 9.37 Å². The standard InChI is InChI=1S/C22H12FN3O3S/c23-16-7-5-13(6-8-16)18-12-30-22(25-18)26-21(28)14(10-24)9-15-11-29-19-4-2-1-3-17(19)20(15)27/h1-9,11-12H,(H,25,26,28)/b14-9-. The minimum Gasteiger partial charge on any atom is -0.463 e. The van der Waals surface area contributed by atoms with E-state index in [9.17, 15) is 19.2 Å². The highest BCUT2D eigenvalue weighted by atomic mass is 32.1. The molecule has 0 saturated heterocycles. The van der Waals surface area contributed by atoms with Crippen LogP contribution in [-0.2, 0) is 4.79 Å². The normalized spacial score (nSPS) is 11.3. The lowest BCUT2D eigenvalue weighted by Gasteiger charge is -2.01. The first-order chi connectivity index (χ1) is 14.5. The van der Waals surface area contributed by atoms with Gasteiger partial charge in [0.15, 0.2) is 10.6 Å². The Balaban J connectivity index is 1.58. The van der Waals surface area contributed by atoms with Crippen molar-refractivity contribution in [3.8, 4) is 17.3 Å². The third-order valence-corrected chi connectivity index (χ3v) is 4.99. The van der Waals surface area contributed by atoms with Gasteiger partial charge in [-0.3, -0.25) is 14.9 Å². The van der Waals surface area contributed by atoms with E-state index in [1.165, 1.54) is 24.5 Å². The van der Waals surface area contributed by atoms with Gasteiger partial charge in [-0.2, -0.15) is 5.26 Å². The fraction of sp³-hybridized carbons (Fsp3) is 0. The second kappa shape index (κ2) is 8.11. The molecule has 2 aromatic heterocycles. The molecule has 0 radical (unpaired) electrons. The second-order valence-electron chi connectivity index (χ2n) is 6.19. The smallest absolute Gasteiger partial charge is 0.268 e. The van der Waals surface area contributed by atoms with Crippen LogP contribution in [0.15, 0.2) is 75.0 Å². The number of hydrogen-bond acceptors (Lipinski definition) is 6. The number of amides is 1. The lowest BCUT2D eigenvalue weighted by Crippen LogP contribution is -2.14. The highest BCUT2D eigenvalue weighted by Gasteiger charge is 2.14. The summed E-state index contributed by atoms with van der Waals surface area (Å²) in [6, 6.07) is 14.3. The Morgan fingerprint density at radius 3 is 2.73 bits per heavy atom. The van der Waals surface area contributed by atoms with E-state index in [0.29, 0.717) is 22.2 Å². The van der Waals surface area contributed by atoms with E-state index in [1.54, 1.807) is 47.8 Å². The van der Waals surface area contributed by atoms with E-state index < -0.39 is 5.91 Å². The number of halogens is 1. The molecule has 1 N–H and O–H groups in total. The van der Waals surface area contributed by atoms with Crippen LogP contribution in [0.3, 0.4) is 0 Å². The number of fused-ring (bicyclic) bond motifs is 1. The first-order valence-corrected chi connectivity index (χ1v) is 9.58. The zero-order valence-corrected chi connectivity index (χ0v) is 16.1. The lowest BCUT2D eigenvalue weighted by atomic mass is 10.1. The number of carbonyl (C=O) groups is 1. The van der Waals surface area contributed by atoms with E-state index in [4.69, 9.17) is 4.42 Å². The summed E-state index contributed by atoms with van der Waals surface area (Å²) in [6.07, 6.45) is 2.40. The number of rotatable bonds is 4. The van der Waals surface area contributed by atoms with Gasteiger partial charge in [-0.15, -0.1) is 11.3 Å². The average Bonchev–Trinajstić information content (AvgIpc) is 3.22. The number of nitrogens with zero attached hydrogens (tertiary/aromatic N) is 2. The highest BCUT2D eigenvalue weighted by molar-refractivity contribution is 7.14. The maximum absolute atomic E-state index is 13.1. The number of carbonyl (C=O) groups excluding carboxylic acids is 1. The van der Waals surface area contributed by atoms with Crippen molar-refractivity contribution in [1.29, 1.82) is 5.26 Å². The number of nitrogens with one attached hydrogen (secondary N) is 1. The van der Waals surface area contributed by atoms with Gasteiger partial charge in [0.05, 0.1) is 16.6 Å². The molecule has 6 nitrogen and oxygen atoms in total. The Kier molecular flexibility index (Phi) is 5.20. The summed E-state index contributed by atoms with van der Waals surface area (Å²) in [5.41, 5.74) is 1.15. The van der Waals surface area contributed by atoms with Gasteiger partial charge in [-0.1, -0.05) is 12.1 Å². The first-order valence-electron chi connectivity index (χ1n) is 8.70. The first kappa shape index (κ1) is 19.2. The Morgan fingerprint density at radius 1 is 1.20 bits per heavy atom. The molecule has 1 amide bonds. The van der Waals surface area contributed by atoms with Gasteiger partial charge < -0.3 is 4.42 Å². The predicted octanol–water partition coefficient (Wildman–Crippen LogP) is 4.60. The maximum Gasteiger partial charge on any atom is 0.268 e. The topological polar surface area (TPSA) is 96.0 Å². The Labute approximate surface area is 173 Å². The van der Waals surface area contributed by atoms with Crippen LogP contribution in [0.25, 0.3) is 28.3 Å². The lowest BCUT2D eigenvalue weighted by molar-refractivity contribution is -0.112. The molecule has 4 rings (SSSR count). The summed E-state index contributed by atoms with van der Waals surface area (Å²) in [5, 5.41) is 14.3. The molecule has 0 saturated carbocycles. The van der Waals surface area contributed by atoms with Crippen molar-refractivity contribution >= 4 is 39.4 Å². The zero-order valence-electron chi connectivity index (χ0n) is 15.3. The van der Waals surface area contributed by atoms with Gasteiger partial charge in [0, 0.05) is 10.9 Å². The fourth-order valence-electron chi connectivity index (χ4n) is 2.75. The molecule has 0 fully saturated rings. The third kappa shape index (κ3) is 3.87. The largest absolute Gasteiger partial charge is 0.463 e. The summed E-state index contributed by atoms with van der Waals surface area (Å²) in [5.74, 6) is -1.06. The number of para-hydroxylation sites is 1. The summed E-state index contributed by atoms with van der Waals surface area (Å²) >= 11 is 1.16. The number of benzene rings is 2. The zero-order chi connectivity index (χ0) is 21.1.